The van der Waals surface area contributed by atoms with Crippen molar-refractivity contribution in [2.75, 3.05) is 0 Å². The highest BCUT2D eigenvalue weighted by Crippen LogP contribution is 2.74. The van der Waals surface area contributed by atoms with Crippen molar-refractivity contribution >= 4 is 0 Å². The molecule has 0 nitrogen and oxygen atoms in total. The van der Waals surface area contributed by atoms with E-state index >= 15 is 0 Å². The van der Waals surface area contributed by atoms with Crippen molar-refractivity contribution in [3.8, 4) is 0 Å². The molecule has 3 aliphatic carbocycles. The molecule has 0 amide bonds. The minimum absolute atomic E-state index is 0.668. The van der Waals surface area contributed by atoms with E-state index in [4.69, 9.17) is 0 Å². The molecular weight excluding hydrogens is 144 g/mol. The zero-order valence-corrected chi connectivity index (χ0v) is 7.97. The number of hydrogen-bond donors (Lipinski definition) is 0. The summed E-state index contributed by atoms with van der Waals surface area (Å²) in [5.41, 5.74) is 2.28. The van der Waals surface area contributed by atoms with Crippen LogP contribution >= 0.6 is 0 Å². The maximum Gasteiger partial charge on any atom is -0.00308 e. The maximum atomic E-state index is 4.32. The Morgan fingerprint density at radius 1 is 1.50 bits per heavy atom. The fourth-order valence-electron chi connectivity index (χ4n) is 4.17. The van der Waals surface area contributed by atoms with Crippen LogP contribution in [0.5, 0.6) is 0 Å². The summed E-state index contributed by atoms with van der Waals surface area (Å²) in [4.78, 5) is 0. The summed E-state index contributed by atoms with van der Waals surface area (Å²) in [5.74, 6) is 3.11. The first-order valence-corrected chi connectivity index (χ1v) is 5.43. The lowest BCUT2D eigenvalue weighted by atomic mass is 9.81. The van der Waals surface area contributed by atoms with Gasteiger partial charge in [-0.25, -0.2) is 0 Å². The Morgan fingerprint density at radius 2 is 2.33 bits per heavy atom. The molecule has 66 valence electrons. The van der Waals surface area contributed by atoms with Gasteiger partial charge in [-0.3, -0.25) is 0 Å². The fourth-order valence-corrected chi connectivity index (χ4v) is 4.17. The van der Waals surface area contributed by atoms with E-state index in [9.17, 15) is 0 Å². The summed E-state index contributed by atoms with van der Waals surface area (Å²) in [6, 6.07) is 0. The second kappa shape index (κ2) is 1.97. The van der Waals surface area contributed by atoms with Crippen molar-refractivity contribution in [1.82, 2.24) is 0 Å². The van der Waals surface area contributed by atoms with Crippen molar-refractivity contribution in [2.24, 2.45) is 23.2 Å². The summed E-state index contributed by atoms with van der Waals surface area (Å²) in [5, 5.41) is 0. The van der Waals surface area contributed by atoms with Gasteiger partial charge in [0.05, 0.1) is 0 Å². The summed E-state index contributed by atoms with van der Waals surface area (Å²) in [7, 11) is 0. The van der Waals surface area contributed by atoms with Crippen LogP contribution in [-0.4, -0.2) is 0 Å². The van der Waals surface area contributed by atoms with Crippen molar-refractivity contribution in [3.63, 3.8) is 0 Å². The minimum atomic E-state index is 0.668. The highest BCUT2D eigenvalue weighted by atomic mass is 14.7. The Bertz CT molecular complexity index is 240. The second-order valence-electron chi connectivity index (χ2n) is 5.24. The molecule has 0 aromatic rings. The summed E-state index contributed by atoms with van der Waals surface area (Å²) in [6.45, 7) is 6.77. The Kier molecular flexibility index (Phi) is 1.18. The Labute approximate surface area is 75.0 Å². The molecule has 4 unspecified atom stereocenters. The molecule has 12 heavy (non-hydrogen) atoms. The smallest absolute Gasteiger partial charge is 0.00308 e. The van der Waals surface area contributed by atoms with Crippen LogP contribution in [0.3, 0.4) is 0 Å². The van der Waals surface area contributed by atoms with Crippen LogP contribution in [0.4, 0.5) is 0 Å². The molecule has 3 saturated carbocycles. The average Bonchev–Trinajstić information content (AvgIpc) is 2.71. The van der Waals surface area contributed by atoms with Gasteiger partial charge in [0, 0.05) is 0 Å². The van der Waals surface area contributed by atoms with E-state index in [1.165, 1.54) is 32.1 Å². The minimum Gasteiger partial charge on any atom is -0.0993 e. The van der Waals surface area contributed by atoms with Crippen molar-refractivity contribution < 1.29 is 0 Å². The van der Waals surface area contributed by atoms with Crippen LogP contribution in [0, 0.1) is 23.2 Å². The SMILES string of the molecule is C=C1CCCC2CC(C)C13CC23. The standard InChI is InChI=1S/C12H18/c1-8-4-3-5-10-6-9(2)12(8)7-11(10)12/h9-11H,1,3-7H2,2H3. The highest BCUT2D eigenvalue weighted by Gasteiger charge is 2.66. The summed E-state index contributed by atoms with van der Waals surface area (Å²) < 4.78 is 0. The Balaban J connectivity index is 2.01. The van der Waals surface area contributed by atoms with E-state index in [1.807, 2.05) is 0 Å². The van der Waals surface area contributed by atoms with E-state index < -0.39 is 0 Å². The van der Waals surface area contributed by atoms with Crippen LogP contribution < -0.4 is 0 Å². The van der Waals surface area contributed by atoms with Gasteiger partial charge in [-0.1, -0.05) is 19.1 Å². The quantitative estimate of drug-likeness (QED) is 0.479. The van der Waals surface area contributed by atoms with Crippen molar-refractivity contribution in [1.29, 1.82) is 0 Å². The van der Waals surface area contributed by atoms with E-state index in [0.29, 0.717) is 5.41 Å². The first-order chi connectivity index (χ1) is 5.75. The number of allylic oxidation sites excluding steroid dienone is 1. The van der Waals surface area contributed by atoms with Gasteiger partial charge >= 0.3 is 0 Å². The molecule has 0 aliphatic heterocycles. The molecule has 4 atom stereocenters. The van der Waals surface area contributed by atoms with Crippen LogP contribution in [0.2, 0.25) is 0 Å². The van der Waals surface area contributed by atoms with E-state index in [1.54, 1.807) is 5.57 Å². The molecule has 0 spiro atoms. The first kappa shape index (κ1) is 7.17. The van der Waals surface area contributed by atoms with Gasteiger partial charge in [0.2, 0.25) is 0 Å². The molecule has 0 aromatic carbocycles. The van der Waals surface area contributed by atoms with E-state index in [2.05, 4.69) is 13.5 Å². The maximum absolute atomic E-state index is 4.32. The average molecular weight is 162 g/mol. The molecule has 3 fully saturated rings. The Hall–Kier alpha value is -0.260. The molecule has 3 aliphatic rings. The summed E-state index contributed by atoms with van der Waals surface area (Å²) >= 11 is 0. The van der Waals surface area contributed by atoms with Gasteiger partial charge in [0.25, 0.3) is 0 Å². The van der Waals surface area contributed by atoms with Crippen molar-refractivity contribution in [3.05, 3.63) is 12.2 Å². The largest absolute Gasteiger partial charge is 0.0993 e. The third-order valence-corrected chi connectivity index (χ3v) is 4.88. The lowest BCUT2D eigenvalue weighted by Gasteiger charge is -2.24. The third-order valence-electron chi connectivity index (χ3n) is 4.88. The normalized spacial score (nSPS) is 56.4. The predicted octanol–water partition coefficient (Wildman–Crippen LogP) is 3.39. The molecule has 2 bridgehead atoms. The summed E-state index contributed by atoms with van der Waals surface area (Å²) in [6.07, 6.45) is 7.25. The second-order valence-corrected chi connectivity index (χ2v) is 5.24. The van der Waals surface area contributed by atoms with Crippen LogP contribution in [0.25, 0.3) is 0 Å². The first-order valence-electron chi connectivity index (χ1n) is 5.43. The Morgan fingerprint density at radius 3 is 3.08 bits per heavy atom. The molecule has 0 radical (unpaired) electrons. The monoisotopic (exact) mass is 162 g/mol. The van der Waals surface area contributed by atoms with Crippen LogP contribution in [-0.2, 0) is 0 Å². The van der Waals surface area contributed by atoms with Gasteiger partial charge in [-0.05, 0) is 55.3 Å². The van der Waals surface area contributed by atoms with Gasteiger partial charge in [-0.15, -0.1) is 0 Å². The van der Waals surface area contributed by atoms with Gasteiger partial charge in [-0.2, -0.15) is 0 Å². The lowest BCUT2D eigenvalue weighted by molar-refractivity contribution is 0.354. The van der Waals surface area contributed by atoms with Crippen molar-refractivity contribution in [2.45, 2.75) is 39.0 Å². The molecule has 0 saturated heterocycles. The molecule has 3 rings (SSSR count). The van der Waals surface area contributed by atoms with E-state index in [-0.39, 0.29) is 0 Å². The zero-order chi connectivity index (χ0) is 8.34. The third kappa shape index (κ3) is 0.616. The zero-order valence-electron chi connectivity index (χ0n) is 7.97. The predicted molar refractivity (Wildman–Crippen MR) is 50.8 cm³/mol. The van der Waals surface area contributed by atoms with Gasteiger partial charge < -0.3 is 0 Å². The van der Waals surface area contributed by atoms with Gasteiger partial charge in [0.15, 0.2) is 0 Å². The lowest BCUT2D eigenvalue weighted by Crippen LogP contribution is -2.13. The highest BCUT2D eigenvalue weighted by molar-refractivity contribution is 5.30. The van der Waals surface area contributed by atoms with Crippen LogP contribution in [0.1, 0.15) is 39.0 Å². The molecule has 0 N–H and O–H groups in total. The fraction of sp³-hybridized carbons (Fsp3) is 0.833. The molecule has 0 heterocycles. The topological polar surface area (TPSA) is 0 Å². The number of rotatable bonds is 0. The van der Waals surface area contributed by atoms with Crippen LogP contribution in [0.15, 0.2) is 12.2 Å². The number of hydrogen-bond acceptors (Lipinski definition) is 0. The molecule has 0 aromatic heterocycles. The molecule has 0 heteroatoms. The van der Waals surface area contributed by atoms with Gasteiger partial charge in [0.1, 0.15) is 0 Å². The van der Waals surface area contributed by atoms with E-state index in [0.717, 1.165) is 17.8 Å². The molecular formula is C12H18.